The van der Waals surface area contributed by atoms with E-state index in [4.69, 9.17) is 0 Å². The summed E-state index contributed by atoms with van der Waals surface area (Å²) in [5.74, 6) is 0. The van der Waals surface area contributed by atoms with Gasteiger partial charge in [-0.15, -0.1) is 0 Å². The Labute approximate surface area is 196 Å². The Hall–Kier alpha value is -3.88. The van der Waals surface area contributed by atoms with Crippen molar-refractivity contribution in [3.8, 4) is 0 Å². The van der Waals surface area contributed by atoms with E-state index in [-0.39, 0.29) is 0 Å². The predicted octanol–water partition coefficient (Wildman–Crippen LogP) is 7.44. The molecule has 2 nitrogen and oxygen atoms in total. The fourth-order valence-corrected chi connectivity index (χ4v) is 4.99. The fourth-order valence-electron chi connectivity index (χ4n) is 4.99. The van der Waals surface area contributed by atoms with Gasteiger partial charge in [-0.1, -0.05) is 109 Å². The minimum atomic E-state index is -0.437. The van der Waals surface area contributed by atoms with Crippen LogP contribution in [0.3, 0.4) is 0 Å². The molecule has 0 fully saturated rings. The molecule has 0 aliphatic rings. The molecule has 0 heterocycles. The van der Waals surface area contributed by atoms with Crippen molar-refractivity contribution in [3.63, 3.8) is 0 Å². The summed E-state index contributed by atoms with van der Waals surface area (Å²) in [5.41, 5.74) is 5.51. The van der Waals surface area contributed by atoms with Gasteiger partial charge in [0.25, 0.3) is 0 Å². The summed E-state index contributed by atoms with van der Waals surface area (Å²) in [6.07, 6.45) is 0. The molecule has 5 aromatic rings. The van der Waals surface area contributed by atoms with E-state index in [0.29, 0.717) is 0 Å². The monoisotopic (exact) mass is 428 g/mol. The van der Waals surface area contributed by atoms with Crippen LogP contribution in [-0.2, 0) is 5.54 Å². The highest BCUT2D eigenvalue weighted by Gasteiger charge is 2.39. The molecule has 0 aromatic heterocycles. The Kier molecular flexibility index (Phi) is 5.68. The maximum absolute atomic E-state index is 3.62. The summed E-state index contributed by atoms with van der Waals surface area (Å²) in [6.45, 7) is 0. The van der Waals surface area contributed by atoms with E-state index >= 15 is 0 Å². The maximum atomic E-state index is 3.62. The maximum Gasteiger partial charge on any atom is 0.0974 e. The molecule has 0 bridgehead atoms. The molecule has 0 saturated carbocycles. The zero-order valence-corrected chi connectivity index (χ0v) is 19.1. The van der Waals surface area contributed by atoms with Crippen LogP contribution in [0.1, 0.15) is 16.7 Å². The first kappa shape index (κ1) is 21.0. The normalized spacial score (nSPS) is 11.6. The van der Waals surface area contributed by atoms with E-state index < -0.39 is 5.54 Å². The second-order valence-electron chi connectivity index (χ2n) is 8.53. The number of rotatable bonds is 6. The third kappa shape index (κ3) is 3.69. The molecule has 5 aromatic carbocycles. The number of anilines is 2. The number of hydrogen-bond acceptors (Lipinski definition) is 2. The summed E-state index contributed by atoms with van der Waals surface area (Å²) in [6, 6.07) is 45.2. The van der Waals surface area contributed by atoms with E-state index in [9.17, 15) is 0 Å². The molecule has 0 aliphatic heterocycles. The Bertz CT molecular complexity index is 1300. The number of nitrogens with one attached hydrogen (secondary N) is 1. The Morgan fingerprint density at radius 1 is 0.515 bits per heavy atom. The van der Waals surface area contributed by atoms with Gasteiger partial charge < -0.3 is 5.32 Å². The number of para-hydroxylation sites is 1. The van der Waals surface area contributed by atoms with Crippen LogP contribution >= 0.6 is 0 Å². The first-order chi connectivity index (χ1) is 16.2. The fraction of sp³-hybridized carbons (Fsp3) is 0.0968. The molecule has 0 radical (unpaired) electrons. The predicted molar refractivity (Wildman–Crippen MR) is 140 cm³/mol. The molecule has 0 saturated heterocycles. The molecule has 0 unspecified atom stereocenters. The van der Waals surface area contributed by atoms with Crippen molar-refractivity contribution in [2.45, 2.75) is 5.54 Å². The lowest BCUT2D eigenvalue weighted by Crippen LogP contribution is -2.43. The first-order valence-electron chi connectivity index (χ1n) is 11.3. The number of benzene rings is 5. The largest absolute Gasteiger partial charge is 0.355 e. The van der Waals surface area contributed by atoms with Gasteiger partial charge in [0, 0.05) is 16.8 Å². The van der Waals surface area contributed by atoms with Crippen molar-refractivity contribution in [2.75, 3.05) is 19.4 Å². The molecular formula is C31H28N2. The van der Waals surface area contributed by atoms with Gasteiger partial charge in [0.1, 0.15) is 0 Å². The van der Waals surface area contributed by atoms with E-state index in [1.54, 1.807) is 0 Å². The molecule has 0 spiro atoms. The zero-order chi connectivity index (χ0) is 22.7. The van der Waals surface area contributed by atoms with Crippen molar-refractivity contribution in [2.24, 2.45) is 0 Å². The lowest BCUT2D eigenvalue weighted by molar-refractivity contribution is 0.249. The SMILES string of the molecule is CN(C)C(c1ccccc1)(c1ccccc1)c1ccc(Nc2ccccc2)c2ccccc12. The standard InChI is InChI=1S/C31H28N2/c1-33(2)31(24-14-6-3-7-15-24,25-16-8-4-9-17-25)29-22-23-30(28-21-13-12-20-27(28)29)32-26-18-10-5-11-19-26/h3-23,32H,1-2H3. The highest BCUT2D eigenvalue weighted by Crippen LogP contribution is 2.45. The van der Waals surface area contributed by atoms with Crippen LogP contribution in [-0.4, -0.2) is 19.0 Å². The van der Waals surface area contributed by atoms with Crippen LogP contribution < -0.4 is 5.32 Å². The van der Waals surface area contributed by atoms with Gasteiger partial charge in [0.05, 0.1) is 5.54 Å². The summed E-state index contributed by atoms with van der Waals surface area (Å²) in [5, 5.41) is 6.06. The lowest BCUT2D eigenvalue weighted by atomic mass is 9.74. The third-order valence-electron chi connectivity index (χ3n) is 6.42. The quantitative estimate of drug-likeness (QED) is 0.283. The zero-order valence-electron chi connectivity index (χ0n) is 19.1. The van der Waals surface area contributed by atoms with Gasteiger partial charge >= 0.3 is 0 Å². The molecule has 0 amide bonds. The topological polar surface area (TPSA) is 15.3 Å². The van der Waals surface area contributed by atoms with E-state index in [2.05, 4.69) is 146 Å². The van der Waals surface area contributed by atoms with E-state index in [1.807, 2.05) is 6.07 Å². The second kappa shape index (κ2) is 8.93. The van der Waals surface area contributed by atoms with Gasteiger partial charge in [-0.3, -0.25) is 4.90 Å². The highest BCUT2D eigenvalue weighted by molar-refractivity contribution is 5.98. The van der Waals surface area contributed by atoms with Crippen molar-refractivity contribution < 1.29 is 0 Å². The second-order valence-corrected chi connectivity index (χ2v) is 8.53. The van der Waals surface area contributed by atoms with Crippen molar-refractivity contribution in [1.82, 2.24) is 4.90 Å². The van der Waals surface area contributed by atoms with Crippen LogP contribution in [0.15, 0.2) is 127 Å². The van der Waals surface area contributed by atoms with Crippen molar-refractivity contribution >= 4 is 22.1 Å². The smallest absolute Gasteiger partial charge is 0.0974 e. The van der Waals surface area contributed by atoms with Gasteiger partial charge in [0.2, 0.25) is 0 Å². The molecule has 0 aliphatic carbocycles. The van der Waals surface area contributed by atoms with Crippen LogP contribution in [0.4, 0.5) is 11.4 Å². The number of nitrogens with zero attached hydrogens (tertiary/aromatic N) is 1. The number of hydrogen-bond donors (Lipinski definition) is 1. The lowest BCUT2D eigenvalue weighted by Gasteiger charge is -2.42. The number of fused-ring (bicyclic) bond motifs is 1. The minimum Gasteiger partial charge on any atom is -0.355 e. The van der Waals surface area contributed by atoms with Crippen LogP contribution in [0.25, 0.3) is 10.8 Å². The van der Waals surface area contributed by atoms with Gasteiger partial charge in [-0.05, 0) is 54.4 Å². The molecule has 162 valence electrons. The molecule has 0 atom stereocenters. The third-order valence-corrected chi connectivity index (χ3v) is 6.42. The van der Waals surface area contributed by atoms with Crippen LogP contribution in [0.5, 0.6) is 0 Å². The Balaban J connectivity index is 1.80. The summed E-state index contributed by atoms with van der Waals surface area (Å²) in [4.78, 5) is 2.34. The van der Waals surface area contributed by atoms with Crippen LogP contribution in [0, 0.1) is 0 Å². The Morgan fingerprint density at radius 3 is 1.55 bits per heavy atom. The summed E-state index contributed by atoms with van der Waals surface area (Å²) in [7, 11) is 4.34. The molecule has 1 N–H and O–H groups in total. The van der Waals surface area contributed by atoms with Crippen molar-refractivity contribution in [3.05, 3.63) is 144 Å². The summed E-state index contributed by atoms with van der Waals surface area (Å²) < 4.78 is 0. The Morgan fingerprint density at radius 2 is 1.00 bits per heavy atom. The van der Waals surface area contributed by atoms with E-state index in [1.165, 1.54) is 27.5 Å². The van der Waals surface area contributed by atoms with Crippen molar-refractivity contribution in [1.29, 1.82) is 0 Å². The summed E-state index contributed by atoms with van der Waals surface area (Å²) >= 11 is 0. The average molecular weight is 429 g/mol. The highest BCUT2D eigenvalue weighted by atomic mass is 15.1. The molecule has 5 rings (SSSR count). The minimum absolute atomic E-state index is 0.437. The molecule has 2 heteroatoms. The van der Waals surface area contributed by atoms with Gasteiger partial charge in [-0.2, -0.15) is 0 Å². The average Bonchev–Trinajstić information content (AvgIpc) is 2.87. The van der Waals surface area contributed by atoms with Gasteiger partial charge in [0.15, 0.2) is 0 Å². The molecule has 33 heavy (non-hydrogen) atoms. The first-order valence-corrected chi connectivity index (χ1v) is 11.3. The van der Waals surface area contributed by atoms with Crippen LogP contribution in [0.2, 0.25) is 0 Å². The van der Waals surface area contributed by atoms with E-state index in [0.717, 1.165) is 11.4 Å². The molecular weight excluding hydrogens is 400 g/mol. The van der Waals surface area contributed by atoms with Gasteiger partial charge in [-0.25, -0.2) is 0 Å².